The van der Waals surface area contributed by atoms with Gasteiger partial charge in [-0.3, -0.25) is 20.1 Å². The Hall–Kier alpha value is -2.29. The molecule has 0 atom stereocenters. The second-order valence-corrected chi connectivity index (χ2v) is 5.96. The molecule has 124 valence electrons. The zero-order valence-corrected chi connectivity index (χ0v) is 13.1. The third-order valence-electron chi connectivity index (χ3n) is 4.32. The molecule has 0 saturated heterocycles. The summed E-state index contributed by atoms with van der Waals surface area (Å²) in [5, 5.41) is 22.4. The largest absolute Gasteiger partial charge is 0.340 e. The number of aromatic nitrogens is 4. The first kappa shape index (κ1) is 15.6. The Morgan fingerprint density at radius 1 is 1.39 bits per heavy atom. The van der Waals surface area contributed by atoms with Crippen LogP contribution < -0.4 is 5.32 Å². The Kier molecular flexibility index (Phi) is 4.37. The lowest BCUT2D eigenvalue weighted by molar-refractivity contribution is -0.385. The van der Waals surface area contributed by atoms with E-state index in [1.165, 1.54) is 29.9 Å². The highest BCUT2D eigenvalue weighted by Crippen LogP contribution is 2.34. The van der Waals surface area contributed by atoms with Crippen LogP contribution in [-0.2, 0) is 12.2 Å². The molecular weight excluding hydrogens is 300 g/mol. The van der Waals surface area contributed by atoms with Crippen molar-refractivity contribution in [3.63, 3.8) is 0 Å². The normalized spacial score (nSPS) is 17.8. The van der Waals surface area contributed by atoms with Crippen molar-refractivity contribution in [1.82, 2.24) is 25.2 Å². The van der Waals surface area contributed by atoms with E-state index in [0.717, 1.165) is 25.7 Å². The van der Waals surface area contributed by atoms with Gasteiger partial charge in [-0.2, -0.15) is 10.1 Å². The highest BCUT2D eigenvalue weighted by atomic mass is 16.6. The van der Waals surface area contributed by atoms with Crippen molar-refractivity contribution in [2.45, 2.75) is 57.7 Å². The maximum absolute atomic E-state index is 10.8. The van der Waals surface area contributed by atoms with Crippen LogP contribution in [0.4, 0.5) is 5.69 Å². The average Bonchev–Trinajstić information content (AvgIpc) is 3.11. The van der Waals surface area contributed by atoms with E-state index >= 15 is 0 Å². The molecule has 0 aliphatic heterocycles. The summed E-state index contributed by atoms with van der Waals surface area (Å²) in [6, 6.07) is 0. The molecule has 0 amide bonds. The first-order valence-electron chi connectivity index (χ1n) is 7.82. The Morgan fingerprint density at radius 2 is 2.13 bits per heavy atom. The molecule has 0 unspecified atom stereocenters. The van der Waals surface area contributed by atoms with Crippen molar-refractivity contribution < 1.29 is 9.45 Å². The molecule has 0 radical (unpaired) electrons. The summed E-state index contributed by atoms with van der Waals surface area (Å²) < 4.78 is 6.68. The van der Waals surface area contributed by atoms with Gasteiger partial charge in [0.1, 0.15) is 12.4 Å². The minimum atomic E-state index is -0.451. The number of nitrogens with one attached hydrogen (secondary N) is 1. The third-order valence-corrected chi connectivity index (χ3v) is 4.32. The van der Waals surface area contributed by atoms with Crippen LogP contribution in [0.15, 0.2) is 16.9 Å². The summed E-state index contributed by atoms with van der Waals surface area (Å²) in [7, 11) is 0. The van der Waals surface area contributed by atoms with Crippen molar-refractivity contribution in [3.05, 3.63) is 34.2 Å². The van der Waals surface area contributed by atoms with E-state index in [0.29, 0.717) is 18.4 Å². The Labute approximate surface area is 133 Å². The van der Waals surface area contributed by atoms with E-state index in [1.54, 1.807) is 6.92 Å². The molecule has 2 aromatic heterocycles. The zero-order chi connectivity index (χ0) is 16.3. The molecule has 1 aliphatic carbocycles. The van der Waals surface area contributed by atoms with Gasteiger partial charge < -0.3 is 4.52 Å². The minimum Gasteiger partial charge on any atom is -0.340 e. The maximum atomic E-state index is 10.8. The number of hydrogen-bond donors (Lipinski definition) is 1. The summed E-state index contributed by atoms with van der Waals surface area (Å²) >= 11 is 0. The molecule has 0 bridgehead atoms. The average molecular weight is 320 g/mol. The Morgan fingerprint density at radius 3 is 2.70 bits per heavy atom. The lowest BCUT2D eigenvalue weighted by Crippen LogP contribution is -2.44. The summed E-state index contributed by atoms with van der Waals surface area (Å²) in [6.45, 7) is 2.14. The molecule has 3 rings (SSSR count). The van der Waals surface area contributed by atoms with Gasteiger partial charge >= 0.3 is 5.69 Å². The first-order chi connectivity index (χ1) is 11.1. The van der Waals surface area contributed by atoms with E-state index in [2.05, 4.69) is 20.6 Å². The van der Waals surface area contributed by atoms with Crippen LogP contribution in [0, 0.1) is 17.0 Å². The standard InChI is InChI=1S/C14H20N6O3/c1-11-17-13(18-23-11)14(6-4-2-3-5-7-14)15-10-19-9-12(8-16-19)20(21)22/h8-9,15H,2-7,10H2,1H3. The third kappa shape index (κ3) is 3.39. The second kappa shape index (κ2) is 6.45. The van der Waals surface area contributed by atoms with Gasteiger partial charge in [-0.25, -0.2) is 0 Å². The van der Waals surface area contributed by atoms with Crippen LogP contribution in [0.25, 0.3) is 0 Å². The summed E-state index contributed by atoms with van der Waals surface area (Å²) in [5.74, 6) is 1.21. The van der Waals surface area contributed by atoms with Gasteiger partial charge in [0, 0.05) is 6.92 Å². The van der Waals surface area contributed by atoms with E-state index in [1.807, 2.05) is 0 Å². The van der Waals surface area contributed by atoms with E-state index in [-0.39, 0.29) is 11.2 Å². The number of nitro groups is 1. The van der Waals surface area contributed by atoms with Crippen LogP contribution in [0.1, 0.15) is 50.2 Å². The molecule has 0 spiro atoms. The second-order valence-electron chi connectivity index (χ2n) is 5.96. The maximum Gasteiger partial charge on any atom is 0.307 e. The van der Waals surface area contributed by atoms with Crippen LogP contribution in [0.2, 0.25) is 0 Å². The molecule has 0 aromatic carbocycles. The molecule has 9 nitrogen and oxygen atoms in total. The molecule has 9 heteroatoms. The Bertz CT molecular complexity index is 672. The van der Waals surface area contributed by atoms with Crippen molar-refractivity contribution >= 4 is 5.69 Å². The summed E-state index contributed by atoms with van der Waals surface area (Å²) in [6.07, 6.45) is 9.03. The van der Waals surface area contributed by atoms with Crippen LogP contribution in [0.3, 0.4) is 0 Å². The molecule has 2 aromatic rings. The number of nitrogens with zero attached hydrogens (tertiary/aromatic N) is 5. The quantitative estimate of drug-likeness (QED) is 0.511. The van der Waals surface area contributed by atoms with Gasteiger partial charge in [0.25, 0.3) is 0 Å². The smallest absolute Gasteiger partial charge is 0.307 e. The highest BCUT2D eigenvalue weighted by molar-refractivity contribution is 5.20. The molecule has 1 fully saturated rings. The first-order valence-corrected chi connectivity index (χ1v) is 7.82. The van der Waals surface area contributed by atoms with Crippen LogP contribution >= 0.6 is 0 Å². The number of aryl methyl sites for hydroxylation is 1. The van der Waals surface area contributed by atoms with Gasteiger partial charge in [-0.15, -0.1) is 0 Å². The predicted octanol–water partition coefficient (Wildman–Crippen LogP) is 2.28. The predicted molar refractivity (Wildman–Crippen MR) is 80.4 cm³/mol. The molecule has 1 aliphatic rings. The SMILES string of the molecule is Cc1nc(C2(NCn3cc([N+](=O)[O-])cn3)CCCCCC2)no1. The number of hydrogen-bond acceptors (Lipinski definition) is 7. The molecule has 1 saturated carbocycles. The fourth-order valence-electron chi connectivity index (χ4n) is 3.07. The lowest BCUT2D eigenvalue weighted by atomic mass is 9.89. The molecule has 1 N–H and O–H groups in total. The zero-order valence-electron chi connectivity index (χ0n) is 13.1. The van der Waals surface area contributed by atoms with Gasteiger partial charge in [0.15, 0.2) is 5.82 Å². The Balaban J connectivity index is 1.79. The summed E-state index contributed by atoms with van der Waals surface area (Å²) in [5.41, 5.74) is -0.383. The van der Waals surface area contributed by atoms with E-state index in [9.17, 15) is 10.1 Å². The minimum absolute atomic E-state index is 0.0166. The fourth-order valence-corrected chi connectivity index (χ4v) is 3.07. The van der Waals surface area contributed by atoms with E-state index < -0.39 is 4.92 Å². The van der Waals surface area contributed by atoms with Crippen LogP contribution in [-0.4, -0.2) is 24.8 Å². The van der Waals surface area contributed by atoms with Crippen molar-refractivity contribution in [3.8, 4) is 0 Å². The van der Waals surface area contributed by atoms with Crippen molar-refractivity contribution in [2.75, 3.05) is 0 Å². The van der Waals surface area contributed by atoms with Crippen molar-refractivity contribution in [2.24, 2.45) is 0 Å². The number of rotatable bonds is 5. The molecule has 2 heterocycles. The van der Waals surface area contributed by atoms with Gasteiger partial charge in [0.05, 0.1) is 17.1 Å². The molecular formula is C14H20N6O3. The molecule has 23 heavy (non-hydrogen) atoms. The fraction of sp³-hybridized carbons (Fsp3) is 0.643. The van der Waals surface area contributed by atoms with E-state index in [4.69, 9.17) is 4.52 Å². The topological polar surface area (TPSA) is 112 Å². The van der Waals surface area contributed by atoms with Gasteiger partial charge in [-0.05, 0) is 12.8 Å². The lowest BCUT2D eigenvalue weighted by Gasteiger charge is -2.30. The van der Waals surface area contributed by atoms with Crippen molar-refractivity contribution in [1.29, 1.82) is 0 Å². The highest BCUT2D eigenvalue weighted by Gasteiger charge is 2.37. The van der Waals surface area contributed by atoms with Crippen LogP contribution in [0.5, 0.6) is 0 Å². The monoisotopic (exact) mass is 320 g/mol. The summed E-state index contributed by atoms with van der Waals surface area (Å²) in [4.78, 5) is 14.7. The van der Waals surface area contributed by atoms with Gasteiger partial charge in [-0.1, -0.05) is 30.8 Å². The van der Waals surface area contributed by atoms with Gasteiger partial charge in [0.2, 0.25) is 5.89 Å².